The molecule has 2 heterocycles. The van der Waals surface area contributed by atoms with Gasteiger partial charge in [0.1, 0.15) is 4.88 Å². The first kappa shape index (κ1) is 15.9. The van der Waals surface area contributed by atoms with Crippen molar-refractivity contribution in [3.63, 3.8) is 0 Å². The van der Waals surface area contributed by atoms with E-state index in [9.17, 15) is 9.59 Å². The molecule has 1 aromatic rings. The van der Waals surface area contributed by atoms with E-state index >= 15 is 0 Å². The first-order valence-electron chi connectivity index (χ1n) is 6.90. The van der Waals surface area contributed by atoms with E-state index in [0.29, 0.717) is 10.8 Å². The van der Waals surface area contributed by atoms with E-state index in [0.717, 1.165) is 37.7 Å². The molecule has 1 saturated heterocycles. The second-order valence-electron chi connectivity index (χ2n) is 5.11. The van der Waals surface area contributed by atoms with Crippen LogP contribution in [0.15, 0.2) is 0 Å². The van der Waals surface area contributed by atoms with Crippen LogP contribution >= 0.6 is 11.3 Å². The van der Waals surface area contributed by atoms with Crippen LogP contribution in [0.3, 0.4) is 0 Å². The quantitative estimate of drug-likeness (QED) is 0.612. The molecule has 0 unspecified atom stereocenters. The lowest BCUT2D eigenvalue weighted by atomic mass is 9.98. The summed E-state index contributed by atoms with van der Waals surface area (Å²) in [6.45, 7) is 3.94. The smallest absolute Gasteiger partial charge is 0.358 e. The van der Waals surface area contributed by atoms with E-state index in [1.165, 1.54) is 25.4 Å². The van der Waals surface area contributed by atoms with Crippen LogP contribution in [0.25, 0.3) is 0 Å². The molecule has 0 saturated carbocycles. The fraction of sp³-hybridized carbons (Fsp3) is 0.643. The van der Waals surface area contributed by atoms with Gasteiger partial charge in [0.25, 0.3) is 0 Å². The number of aromatic nitrogens is 1. The summed E-state index contributed by atoms with van der Waals surface area (Å²) < 4.78 is 9.88. The Balaban J connectivity index is 2.14. The number of anilines is 1. The molecule has 0 aromatic carbocycles. The van der Waals surface area contributed by atoms with E-state index < -0.39 is 5.97 Å². The summed E-state index contributed by atoms with van der Waals surface area (Å²) in [5.74, 6) is -0.149. The Bertz CT molecular complexity index is 521. The molecule has 1 aliphatic rings. The molecule has 0 bridgehead atoms. The minimum atomic E-state index is -0.558. The lowest BCUT2D eigenvalue weighted by molar-refractivity contribution is 0.0591. The van der Waals surface area contributed by atoms with Crippen LogP contribution in [0.2, 0.25) is 0 Å². The number of rotatable bonds is 5. The number of hydrogen-bond donors (Lipinski definition) is 0. The SMILES string of the molecule is COCC1CCN(c2nc(C(=O)OC)c(C(C)=O)s2)CC1. The summed E-state index contributed by atoms with van der Waals surface area (Å²) in [4.78, 5) is 30.2. The van der Waals surface area contributed by atoms with Crippen molar-refractivity contribution < 1.29 is 19.1 Å². The Morgan fingerprint density at radius 3 is 2.52 bits per heavy atom. The Labute approximate surface area is 128 Å². The summed E-state index contributed by atoms with van der Waals surface area (Å²) in [5.41, 5.74) is 0.129. The predicted octanol–water partition coefficient (Wildman–Crippen LogP) is 2.00. The first-order valence-corrected chi connectivity index (χ1v) is 7.72. The summed E-state index contributed by atoms with van der Waals surface area (Å²) in [6, 6.07) is 0. The minimum Gasteiger partial charge on any atom is -0.464 e. The number of ketones is 1. The highest BCUT2D eigenvalue weighted by Crippen LogP contribution is 2.30. The van der Waals surface area contributed by atoms with Gasteiger partial charge in [-0.2, -0.15) is 0 Å². The van der Waals surface area contributed by atoms with Gasteiger partial charge in [0.15, 0.2) is 16.6 Å². The number of methoxy groups -OCH3 is 2. The fourth-order valence-electron chi connectivity index (χ4n) is 2.44. The van der Waals surface area contributed by atoms with Crippen molar-refractivity contribution >= 4 is 28.2 Å². The molecule has 0 atom stereocenters. The van der Waals surface area contributed by atoms with Crippen LogP contribution in [0.4, 0.5) is 5.13 Å². The van der Waals surface area contributed by atoms with E-state index in [4.69, 9.17) is 9.47 Å². The zero-order chi connectivity index (χ0) is 15.4. The minimum absolute atomic E-state index is 0.129. The van der Waals surface area contributed by atoms with Gasteiger partial charge >= 0.3 is 5.97 Å². The molecule has 1 aliphatic heterocycles. The molecule has 0 spiro atoms. The Kier molecular flexibility index (Phi) is 5.30. The Hall–Kier alpha value is -1.47. The van der Waals surface area contributed by atoms with Crippen LogP contribution in [0, 0.1) is 5.92 Å². The first-order chi connectivity index (χ1) is 10.1. The second kappa shape index (κ2) is 7.00. The normalized spacial score (nSPS) is 16.0. The number of esters is 1. The van der Waals surface area contributed by atoms with E-state index in [2.05, 4.69) is 9.88 Å². The van der Waals surface area contributed by atoms with Crippen LogP contribution in [0.1, 0.15) is 39.9 Å². The van der Waals surface area contributed by atoms with E-state index in [1.807, 2.05) is 0 Å². The molecule has 0 radical (unpaired) electrons. The molecular weight excluding hydrogens is 292 g/mol. The maximum atomic E-state index is 11.7. The third-order valence-corrected chi connectivity index (χ3v) is 4.82. The summed E-state index contributed by atoms with van der Waals surface area (Å²) in [7, 11) is 3.01. The maximum absolute atomic E-state index is 11.7. The molecule has 0 aliphatic carbocycles. The molecule has 7 heteroatoms. The van der Waals surface area contributed by atoms with Crippen LogP contribution < -0.4 is 4.90 Å². The van der Waals surface area contributed by atoms with Crippen molar-refractivity contribution in [3.8, 4) is 0 Å². The average Bonchev–Trinajstić information content (AvgIpc) is 2.93. The number of carbonyl (C=O) groups is 2. The number of Topliss-reactive ketones (excluding diaryl/α,β-unsaturated/α-hetero) is 1. The zero-order valence-corrected chi connectivity index (χ0v) is 13.4. The maximum Gasteiger partial charge on any atom is 0.358 e. The van der Waals surface area contributed by atoms with Gasteiger partial charge in [0.05, 0.1) is 7.11 Å². The van der Waals surface area contributed by atoms with Gasteiger partial charge in [-0.1, -0.05) is 11.3 Å². The number of hydrogen-bond acceptors (Lipinski definition) is 7. The summed E-state index contributed by atoms with van der Waals surface area (Å²) in [6.07, 6.45) is 2.05. The number of ether oxygens (including phenoxy) is 2. The molecule has 0 N–H and O–H groups in total. The Morgan fingerprint density at radius 2 is 2.00 bits per heavy atom. The number of thiazole rings is 1. The third kappa shape index (κ3) is 3.59. The van der Waals surface area contributed by atoms with Gasteiger partial charge < -0.3 is 14.4 Å². The van der Waals surface area contributed by atoms with Crippen molar-refractivity contribution in [2.75, 3.05) is 38.8 Å². The predicted molar refractivity (Wildman–Crippen MR) is 80.3 cm³/mol. The molecular formula is C14H20N2O4S. The number of nitrogens with zero attached hydrogens (tertiary/aromatic N) is 2. The third-order valence-electron chi connectivity index (χ3n) is 3.60. The van der Waals surface area contributed by atoms with Crippen LogP contribution in [-0.2, 0) is 9.47 Å². The van der Waals surface area contributed by atoms with Crippen molar-refractivity contribution in [2.24, 2.45) is 5.92 Å². The van der Waals surface area contributed by atoms with E-state index in [1.54, 1.807) is 7.11 Å². The van der Waals surface area contributed by atoms with Crippen LogP contribution in [-0.4, -0.2) is 50.7 Å². The van der Waals surface area contributed by atoms with Crippen molar-refractivity contribution in [3.05, 3.63) is 10.6 Å². The molecule has 21 heavy (non-hydrogen) atoms. The molecule has 116 valence electrons. The molecule has 1 aromatic heterocycles. The highest BCUT2D eigenvalue weighted by atomic mass is 32.1. The number of piperidine rings is 1. The Morgan fingerprint density at radius 1 is 1.33 bits per heavy atom. The lowest BCUT2D eigenvalue weighted by Crippen LogP contribution is -2.34. The van der Waals surface area contributed by atoms with E-state index in [-0.39, 0.29) is 11.5 Å². The van der Waals surface area contributed by atoms with Crippen molar-refractivity contribution in [2.45, 2.75) is 19.8 Å². The number of carbonyl (C=O) groups excluding carboxylic acids is 2. The zero-order valence-electron chi connectivity index (χ0n) is 12.5. The highest BCUT2D eigenvalue weighted by molar-refractivity contribution is 7.17. The largest absolute Gasteiger partial charge is 0.464 e. The molecule has 0 amide bonds. The van der Waals surface area contributed by atoms with Gasteiger partial charge in [-0.05, 0) is 18.8 Å². The van der Waals surface area contributed by atoms with Gasteiger partial charge in [0, 0.05) is 33.7 Å². The second-order valence-corrected chi connectivity index (χ2v) is 6.09. The average molecular weight is 312 g/mol. The molecule has 2 rings (SSSR count). The summed E-state index contributed by atoms with van der Waals surface area (Å²) >= 11 is 1.27. The van der Waals surface area contributed by atoms with Crippen LogP contribution in [0.5, 0.6) is 0 Å². The fourth-order valence-corrected chi connectivity index (χ4v) is 3.44. The summed E-state index contributed by atoms with van der Waals surface area (Å²) in [5, 5.41) is 0.719. The lowest BCUT2D eigenvalue weighted by Gasteiger charge is -2.31. The molecule has 1 fully saturated rings. The highest BCUT2D eigenvalue weighted by Gasteiger charge is 2.26. The van der Waals surface area contributed by atoms with Gasteiger partial charge in [-0.3, -0.25) is 4.79 Å². The topological polar surface area (TPSA) is 68.7 Å². The monoisotopic (exact) mass is 312 g/mol. The van der Waals surface area contributed by atoms with Gasteiger partial charge in [0.2, 0.25) is 0 Å². The van der Waals surface area contributed by atoms with Crippen molar-refractivity contribution in [1.82, 2.24) is 4.98 Å². The van der Waals surface area contributed by atoms with Crippen molar-refractivity contribution in [1.29, 1.82) is 0 Å². The standard InChI is InChI=1S/C14H20N2O4S/c1-9(17)12-11(13(18)20-3)15-14(21-12)16-6-4-10(5-7-16)8-19-2/h10H,4-8H2,1-3H3. The van der Waals surface area contributed by atoms with Gasteiger partial charge in [-0.25, -0.2) is 9.78 Å². The molecule has 6 nitrogen and oxygen atoms in total. The van der Waals surface area contributed by atoms with Gasteiger partial charge in [-0.15, -0.1) is 0 Å².